The van der Waals surface area contributed by atoms with Gasteiger partial charge in [-0.15, -0.1) is 10.2 Å². The van der Waals surface area contributed by atoms with Gasteiger partial charge in [0.2, 0.25) is 17.6 Å². The summed E-state index contributed by atoms with van der Waals surface area (Å²) in [7, 11) is 3.97. The van der Waals surface area contributed by atoms with Crippen LogP contribution in [0.4, 0.5) is 11.6 Å². The van der Waals surface area contributed by atoms with Crippen LogP contribution in [-0.4, -0.2) is 54.2 Å². The van der Waals surface area contributed by atoms with E-state index in [1.807, 2.05) is 40.1 Å². The Hall–Kier alpha value is -3.92. The largest absolute Gasteiger partial charge is 0.418 e. The Morgan fingerprint density at radius 1 is 1.19 bits per heavy atom. The molecule has 0 saturated carbocycles. The average Bonchev–Trinajstić information content (AvgIpc) is 3.48. The number of aromatic nitrogens is 6. The van der Waals surface area contributed by atoms with Crippen molar-refractivity contribution < 1.29 is 9.21 Å². The summed E-state index contributed by atoms with van der Waals surface area (Å²) in [4.78, 5) is 24.4. The van der Waals surface area contributed by atoms with E-state index in [1.165, 1.54) is 11.1 Å². The smallest absolute Gasteiger partial charge is 0.284 e. The number of carbonyl (C=O) groups excluding carboxylic acids is 1. The third-order valence-electron chi connectivity index (χ3n) is 6.53. The quantitative estimate of drug-likeness (QED) is 0.382. The number of carbonyl (C=O) groups is 1. The van der Waals surface area contributed by atoms with Gasteiger partial charge in [-0.05, 0) is 49.2 Å². The third kappa shape index (κ3) is 5.59. The van der Waals surface area contributed by atoms with Gasteiger partial charge in [0.15, 0.2) is 0 Å². The number of hydrogen-bond acceptors (Lipinski definition) is 9. The highest BCUT2D eigenvalue weighted by atomic mass is 16.4. The first-order valence-corrected chi connectivity index (χ1v) is 12.4. The van der Waals surface area contributed by atoms with Crippen molar-refractivity contribution in [1.29, 1.82) is 0 Å². The molecule has 37 heavy (non-hydrogen) atoms. The van der Waals surface area contributed by atoms with Gasteiger partial charge in [0.1, 0.15) is 0 Å². The van der Waals surface area contributed by atoms with Gasteiger partial charge in [0, 0.05) is 43.4 Å². The van der Waals surface area contributed by atoms with E-state index in [0.717, 1.165) is 36.5 Å². The SMILES string of the molecule is CN1CCC(CC(=O)c2nnc(C(C)(C)C)o2)c2ccc(-c3ccnc(Nc4cnn(C)c4)n3)cc2C1. The van der Waals surface area contributed by atoms with Crippen molar-refractivity contribution in [2.45, 2.75) is 51.5 Å². The minimum absolute atomic E-state index is 0.0692. The van der Waals surface area contributed by atoms with E-state index in [1.54, 1.807) is 17.1 Å². The van der Waals surface area contributed by atoms with Crippen LogP contribution in [0.25, 0.3) is 11.3 Å². The summed E-state index contributed by atoms with van der Waals surface area (Å²) in [5.74, 6) is 1.03. The molecule has 4 heterocycles. The summed E-state index contributed by atoms with van der Waals surface area (Å²) < 4.78 is 7.44. The summed E-state index contributed by atoms with van der Waals surface area (Å²) in [5, 5.41) is 15.5. The number of Topliss-reactive ketones (excluding diaryl/α,β-unsaturated/α-hetero) is 1. The average molecular weight is 501 g/mol. The zero-order valence-corrected chi connectivity index (χ0v) is 21.9. The second kappa shape index (κ2) is 9.85. The summed E-state index contributed by atoms with van der Waals surface area (Å²) in [6.45, 7) is 7.65. The molecule has 1 aliphatic heterocycles. The third-order valence-corrected chi connectivity index (χ3v) is 6.53. The summed E-state index contributed by atoms with van der Waals surface area (Å²) in [6.07, 6.45) is 6.55. The number of fused-ring (bicyclic) bond motifs is 1. The lowest BCUT2D eigenvalue weighted by atomic mass is 9.87. The molecule has 10 nitrogen and oxygen atoms in total. The van der Waals surface area contributed by atoms with Gasteiger partial charge in [-0.3, -0.25) is 9.48 Å². The Morgan fingerprint density at radius 2 is 2.03 bits per heavy atom. The van der Waals surface area contributed by atoms with Gasteiger partial charge in [-0.1, -0.05) is 32.9 Å². The number of nitrogens with zero attached hydrogens (tertiary/aromatic N) is 7. The van der Waals surface area contributed by atoms with Crippen LogP contribution in [0.15, 0.2) is 47.3 Å². The molecule has 1 aromatic carbocycles. The molecule has 1 unspecified atom stereocenters. The predicted octanol–water partition coefficient (Wildman–Crippen LogP) is 4.49. The molecule has 0 saturated heterocycles. The predicted molar refractivity (Wildman–Crippen MR) is 140 cm³/mol. The van der Waals surface area contributed by atoms with Crippen LogP contribution in [0.1, 0.15) is 67.2 Å². The lowest BCUT2D eigenvalue weighted by molar-refractivity contribution is 0.0934. The molecule has 0 radical (unpaired) electrons. The molecule has 5 rings (SSSR count). The first-order valence-electron chi connectivity index (χ1n) is 12.4. The van der Waals surface area contributed by atoms with Crippen molar-refractivity contribution in [3.8, 4) is 11.3 Å². The van der Waals surface area contributed by atoms with Crippen molar-refractivity contribution in [2.75, 3.05) is 18.9 Å². The molecule has 1 atom stereocenters. The number of anilines is 2. The van der Waals surface area contributed by atoms with Crippen molar-refractivity contribution in [3.05, 3.63) is 65.8 Å². The monoisotopic (exact) mass is 500 g/mol. The van der Waals surface area contributed by atoms with E-state index in [4.69, 9.17) is 9.40 Å². The number of benzene rings is 1. The van der Waals surface area contributed by atoms with Crippen molar-refractivity contribution in [3.63, 3.8) is 0 Å². The van der Waals surface area contributed by atoms with Gasteiger partial charge in [-0.25, -0.2) is 9.97 Å². The van der Waals surface area contributed by atoms with Crippen molar-refractivity contribution in [1.82, 2.24) is 34.8 Å². The van der Waals surface area contributed by atoms with E-state index < -0.39 is 0 Å². The zero-order chi connectivity index (χ0) is 26.2. The molecular weight excluding hydrogens is 468 g/mol. The molecule has 192 valence electrons. The van der Waals surface area contributed by atoms with Crippen LogP contribution < -0.4 is 5.32 Å². The maximum Gasteiger partial charge on any atom is 0.284 e. The van der Waals surface area contributed by atoms with E-state index in [-0.39, 0.29) is 23.0 Å². The number of ketones is 1. The molecule has 4 aromatic rings. The van der Waals surface area contributed by atoms with Crippen molar-refractivity contribution >= 4 is 17.4 Å². The standard InChI is InChI=1S/C27H32N8O2/c1-27(2,3)25-33-32-24(37-25)23(36)13-17-9-11-34(4)15-19-12-18(6-7-21(17)19)22-8-10-28-26(31-22)30-20-14-29-35(5)16-20/h6-8,10,12,14,16-17H,9,11,13,15H2,1-5H3,(H,28,30,31). The van der Waals surface area contributed by atoms with Crippen LogP contribution in [0.3, 0.4) is 0 Å². The topological polar surface area (TPSA) is 115 Å². The van der Waals surface area contributed by atoms with Gasteiger partial charge in [-0.2, -0.15) is 5.10 Å². The molecule has 0 spiro atoms. The highest BCUT2D eigenvalue weighted by Crippen LogP contribution is 2.34. The summed E-state index contributed by atoms with van der Waals surface area (Å²) in [5.41, 5.74) is 4.73. The van der Waals surface area contributed by atoms with Gasteiger partial charge in [0.05, 0.1) is 17.6 Å². The Morgan fingerprint density at radius 3 is 2.76 bits per heavy atom. The van der Waals surface area contributed by atoms with Gasteiger partial charge < -0.3 is 14.6 Å². The number of hydrogen-bond donors (Lipinski definition) is 1. The van der Waals surface area contributed by atoms with E-state index >= 15 is 0 Å². The molecule has 1 N–H and O–H groups in total. The molecule has 0 bridgehead atoms. The highest BCUT2D eigenvalue weighted by Gasteiger charge is 2.28. The Labute approximate surface area is 216 Å². The molecule has 3 aromatic heterocycles. The number of aryl methyl sites for hydroxylation is 1. The van der Waals surface area contributed by atoms with Crippen LogP contribution in [0.2, 0.25) is 0 Å². The summed E-state index contributed by atoms with van der Waals surface area (Å²) in [6, 6.07) is 8.28. The first kappa shape index (κ1) is 24.8. The second-order valence-corrected chi connectivity index (χ2v) is 10.7. The van der Waals surface area contributed by atoms with Crippen molar-refractivity contribution in [2.24, 2.45) is 7.05 Å². The lowest BCUT2D eigenvalue weighted by Crippen LogP contribution is -2.17. The van der Waals surface area contributed by atoms with E-state index in [2.05, 4.69) is 55.7 Å². The molecular formula is C27H32N8O2. The molecule has 0 fully saturated rings. The number of rotatable bonds is 6. The fraction of sp³-hybridized carbons (Fsp3) is 0.407. The lowest BCUT2D eigenvalue weighted by Gasteiger charge is -2.17. The fourth-order valence-corrected chi connectivity index (χ4v) is 4.56. The molecule has 0 aliphatic carbocycles. The summed E-state index contributed by atoms with van der Waals surface area (Å²) >= 11 is 0. The highest BCUT2D eigenvalue weighted by molar-refractivity contribution is 5.92. The van der Waals surface area contributed by atoms with Gasteiger partial charge >= 0.3 is 0 Å². The Balaban J connectivity index is 1.39. The first-order chi connectivity index (χ1) is 17.7. The second-order valence-electron chi connectivity index (χ2n) is 10.7. The molecule has 0 amide bonds. The zero-order valence-electron chi connectivity index (χ0n) is 21.9. The van der Waals surface area contributed by atoms with Crippen LogP contribution in [0.5, 0.6) is 0 Å². The van der Waals surface area contributed by atoms with Crippen LogP contribution >= 0.6 is 0 Å². The Bertz CT molecular complexity index is 1420. The maximum atomic E-state index is 13.1. The normalized spacial score (nSPS) is 16.3. The number of nitrogens with one attached hydrogen (secondary N) is 1. The minimum Gasteiger partial charge on any atom is -0.418 e. The van der Waals surface area contributed by atoms with Crippen LogP contribution in [-0.2, 0) is 19.0 Å². The minimum atomic E-state index is -0.298. The maximum absolute atomic E-state index is 13.1. The Kier molecular flexibility index (Phi) is 6.59. The van der Waals surface area contributed by atoms with Crippen LogP contribution in [0, 0.1) is 0 Å². The van der Waals surface area contributed by atoms with E-state index in [9.17, 15) is 4.79 Å². The van der Waals surface area contributed by atoms with E-state index in [0.29, 0.717) is 18.3 Å². The molecule has 10 heteroatoms. The fourth-order valence-electron chi connectivity index (χ4n) is 4.56. The van der Waals surface area contributed by atoms with Gasteiger partial charge in [0.25, 0.3) is 5.89 Å². The molecule has 1 aliphatic rings.